The lowest BCUT2D eigenvalue weighted by Gasteiger charge is -2.21. The van der Waals surface area contributed by atoms with Crippen LogP contribution in [0.25, 0.3) is 0 Å². The third-order valence-corrected chi connectivity index (χ3v) is 21.6. The summed E-state index contributed by atoms with van der Waals surface area (Å²) in [5, 5.41) is 10.6. The van der Waals surface area contributed by atoms with Gasteiger partial charge in [0.25, 0.3) is 0 Å². The van der Waals surface area contributed by atoms with Crippen LogP contribution in [0, 0.1) is 23.7 Å². The number of aliphatic hydroxyl groups is 1. The average molecular weight is 1450 g/mol. The molecule has 588 valence electrons. The molecule has 5 unspecified atom stereocenters. The topological polar surface area (TPSA) is 237 Å². The van der Waals surface area contributed by atoms with Crippen LogP contribution in [0.3, 0.4) is 0 Å². The number of phosphoric ester groups is 2. The largest absolute Gasteiger partial charge is 0.472 e. The summed E-state index contributed by atoms with van der Waals surface area (Å²) in [5.74, 6) is 1.06. The quantitative estimate of drug-likeness (QED) is 0.0222. The normalized spacial score (nSPS) is 14.9. The van der Waals surface area contributed by atoms with Crippen LogP contribution < -0.4 is 0 Å². The molecule has 0 rings (SSSR count). The zero-order valence-electron chi connectivity index (χ0n) is 65.1. The summed E-state index contributed by atoms with van der Waals surface area (Å²) in [6.07, 6.45) is 55.4. The highest BCUT2D eigenvalue weighted by atomic mass is 31.2. The summed E-state index contributed by atoms with van der Waals surface area (Å²) >= 11 is 0. The van der Waals surface area contributed by atoms with Gasteiger partial charge in [-0.05, 0) is 49.4 Å². The second-order valence-corrected chi connectivity index (χ2v) is 32.9. The Hall–Kier alpha value is -1.94. The van der Waals surface area contributed by atoms with E-state index < -0.39 is 97.5 Å². The second-order valence-electron chi connectivity index (χ2n) is 30.0. The number of hydrogen-bond donors (Lipinski definition) is 3. The van der Waals surface area contributed by atoms with Crippen LogP contribution in [0.4, 0.5) is 0 Å². The van der Waals surface area contributed by atoms with Gasteiger partial charge in [-0.3, -0.25) is 37.3 Å². The van der Waals surface area contributed by atoms with Gasteiger partial charge in [-0.15, -0.1) is 0 Å². The number of aliphatic hydroxyl groups excluding tert-OH is 1. The highest BCUT2D eigenvalue weighted by Crippen LogP contribution is 2.45. The summed E-state index contributed by atoms with van der Waals surface area (Å²) in [5.41, 5.74) is 0. The summed E-state index contributed by atoms with van der Waals surface area (Å²) in [6.45, 7) is 14.3. The maximum Gasteiger partial charge on any atom is 0.472 e. The number of unbranched alkanes of at least 4 members (excludes halogenated alkanes) is 40. The molecule has 0 saturated carbocycles. The molecule has 0 radical (unpaired) electrons. The van der Waals surface area contributed by atoms with Crippen molar-refractivity contribution < 1.29 is 80.2 Å². The number of esters is 4. The highest BCUT2D eigenvalue weighted by molar-refractivity contribution is 7.47. The molecule has 0 aliphatic heterocycles. The Morgan fingerprint density at radius 3 is 0.717 bits per heavy atom. The van der Waals surface area contributed by atoms with Crippen LogP contribution >= 0.6 is 15.6 Å². The first-order valence-electron chi connectivity index (χ1n) is 41.3. The van der Waals surface area contributed by atoms with Gasteiger partial charge in [0, 0.05) is 25.7 Å². The fourth-order valence-corrected chi connectivity index (χ4v) is 13.7. The van der Waals surface area contributed by atoms with Crippen LogP contribution in [0.1, 0.15) is 409 Å². The Morgan fingerprint density at radius 1 is 0.283 bits per heavy atom. The van der Waals surface area contributed by atoms with E-state index in [0.717, 1.165) is 114 Å². The van der Waals surface area contributed by atoms with Crippen LogP contribution in [0.2, 0.25) is 0 Å². The van der Waals surface area contributed by atoms with Crippen molar-refractivity contribution in [3.8, 4) is 0 Å². The molecule has 0 aromatic rings. The van der Waals surface area contributed by atoms with E-state index in [4.69, 9.17) is 37.0 Å². The lowest BCUT2D eigenvalue weighted by Crippen LogP contribution is -2.30. The van der Waals surface area contributed by atoms with Gasteiger partial charge in [0.05, 0.1) is 26.4 Å². The number of carbonyl (C=O) groups excluding carboxylic acids is 4. The number of ether oxygens (including phenoxy) is 4. The fraction of sp³-hybridized carbons (Fsp3) is 0.950. The van der Waals surface area contributed by atoms with Crippen molar-refractivity contribution in [2.75, 3.05) is 39.6 Å². The Labute approximate surface area is 607 Å². The van der Waals surface area contributed by atoms with Gasteiger partial charge in [0.2, 0.25) is 0 Å². The Balaban J connectivity index is 5.22. The van der Waals surface area contributed by atoms with Gasteiger partial charge >= 0.3 is 39.5 Å². The zero-order valence-corrected chi connectivity index (χ0v) is 66.9. The first kappa shape index (κ1) is 97.1. The second kappa shape index (κ2) is 69.1. The molecule has 0 fully saturated rings. The molecule has 17 nitrogen and oxygen atoms in total. The number of hydrogen-bond acceptors (Lipinski definition) is 15. The molecule has 0 aromatic heterocycles. The number of phosphoric acid groups is 2. The van der Waals surface area contributed by atoms with E-state index in [1.54, 1.807) is 0 Å². The highest BCUT2D eigenvalue weighted by Gasteiger charge is 2.30. The lowest BCUT2D eigenvalue weighted by molar-refractivity contribution is -0.161. The standard InChI is InChI=1S/C80H156O17P2/c1-9-71(6)57-49-41-32-26-20-16-12-14-18-22-29-35-44-52-60-77(82)90-66-75(96-80(85)63-55-47-37-31-25-24-28-34-43-51-59-73(8)11-3)68-94-98(86,87)92-64-74(81)65-93-99(88,89)95-69-76(67-91-78(83)61-53-45-39-38-40-48-56-70(4)5)97-79(84)62-54-46-36-30-23-19-15-13-17-21-27-33-42-50-58-72(7)10-2/h70-76,81H,9-69H2,1-8H3,(H,86,87)(H,88,89)/t71?,72?,73?,74-,75-,76-/m1/s1. The average Bonchev–Trinajstić information content (AvgIpc) is 1.15. The molecule has 8 atom stereocenters. The first-order chi connectivity index (χ1) is 47.7. The van der Waals surface area contributed by atoms with Crippen molar-refractivity contribution in [1.29, 1.82) is 0 Å². The lowest BCUT2D eigenvalue weighted by atomic mass is 9.99. The van der Waals surface area contributed by atoms with Crippen LogP contribution in [-0.2, 0) is 65.4 Å². The molecule has 0 aromatic carbocycles. The zero-order chi connectivity index (χ0) is 73.1. The SMILES string of the molecule is CCC(C)CCCCCCCCCCCCCCCCC(=O)OC[C@H](COP(=O)(O)OC[C@@H](O)COP(=O)(O)OC[C@@H](COC(=O)CCCCCCCCC(C)C)OC(=O)CCCCCCCCCCCCCCCCC(C)CC)OC(=O)CCCCCCCCCCCCC(C)CC. The summed E-state index contributed by atoms with van der Waals surface area (Å²) in [7, 11) is -9.92. The molecule has 0 saturated heterocycles. The predicted molar refractivity (Wildman–Crippen MR) is 404 cm³/mol. The minimum absolute atomic E-state index is 0.106. The van der Waals surface area contributed by atoms with Crippen LogP contribution in [-0.4, -0.2) is 96.7 Å². The van der Waals surface area contributed by atoms with E-state index >= 15 is 0 Å². The Morgan fingerprint density at radius 2 is 0.485 bits per heavy atom. The fourth-order valence-electron chi connectivity index (χ4n) is 12.2. The maximum atomic E-state index is 13.1. The Kier molecular flexibility index (Phi) is 67.8. The number of carbonyl (C=O) groups is 4. The Bertz CT molecular complexity index is 1940. The smallest absolute Gasteiger partial charge is 0.462 e. The third kappa shape index (κ3) is 70.2. The van der Waals surface area contributed by atoms with Gasteiger partial charge in [-0.1, -0.05) is 357 Å². The molecule has 0 heterocycles. The minimum Gasteiger partial charge on any atom is -0.462 e. The summed E-state index contributed by atoms with van der Waals surface area (Å²) in [4.78, 5) is 73.0. The molecule has 19 heteroatoms. The maximum absolute atomic E-state index is 13.1. The van der Waals surface area contributed by atoms with Crippen LogP contribution in [0.5, 0.6) is 0 Å². The molecule has 0 spiro atoms. The van der Waals surface area contributed by atoms with E-state index in [-0.39, 0.29) is 25.7 Å². The summed E-state index contributed by atoms with van der Waals surface area (Å²) in [6, 6.07) is 0. The van der Waals surface area contributed by atoms with E-state index in [1.165, 1.54) is 205 Å². The molecule has 99 heavy (non-hydrogen) atoms. The van der Waals surface area contributed by atoms with E-state index in [1.807, 2.05) is 0 Å². The molecule has 0 bridgehead atoms. The van der Waals surface area contributed by atoms with Gasteiger partial charge in [0.15, 0.2) is 12.2 Å². The van der Waals surface area contributed by atoms with Crippen molar-refractivity contribution in [1.82, 2.24) is 0 Å². The van der Waals surface area contributed by atoms with E-state index in [2.05, 4.69) is 55.4 Å². The molecule has 0 aliphatic carbocycles. The minimum atomic E-state index is -4.96. The predicted octanol–water partition coefficient (Wildman–Crippen LogP) is 23.6. The molecular weight excluding hydrogens is 1290 g/mol. The monoisotopic (exact) mass is 1450 g/mol. The number of rotatable bonds is 77. The third-order valence-electron chi connectivity index (χ3n) is 19.7. The van der Waals surface area contributed by atoms with Gasteiger partial charge in [0.1, 0.15) is 19.3 Å². The van der Waals surface area contributed by atoms with Crippen molar-refractivity contribution in [3.63, 3.8) is 0 Å². The van der Waals surface area contributed by atoms with E-state index in [0.29, 0.717) is 31.6 Å². The molecule has 0 aliphatic rings. The van der Waals surface area contributed by atoms with Crippen molar-refractivity contribution in [3.05, 3.63) is 0 Å². The first-order valence-corrected chi connectivity index (χ1v) is 44.3. The molecule has 0 amide bonds. The van der Waals surface area contributed by atoms with Crippen molar-refractivity contribution in [2.24, 2.45) is 23.7 Å². The van der Waals surface area contributed by atoms with Crippen molar-refractivity contribution >= 4 is 39.5 Å². The van der Waals surface area contributed by atoms with Crippen molar-refractivity contribution in [2.45, 2.75) is 427 Å². The van der Waals surface area contributed by atoms with E-state index in [9.17, 15) is 43.2 Å². The molecule has 3 N–H and O–H groups in total. The molecular formula is C80H156O17P2. The van der Waals surface area contributed by atoms with Gasteiger partial charge < -0.3 is 33.8 Å². The van der Waals surface area contributed by atoms with Gasteiger partial charge in [-0.2, -0.15) is 0 Å². The summed E-state index contributed by atoms with van der Waals surface area (Å²) < 4.78 is 68.7. The van der Waals surface area contributed by atoms with Crippen LogP contribution in [0.15, 0.2) is 0 Å². The van der Waals surface area contributed by atoms with Gasteiger partial charge in [-0.25, -0.2) is 9.13 Å².